The van der Waals surface area contributed by atoms with Crippen molar-refractivity contribution in [3.63, 3.8) is 0 Å². The van der Waals surface area contributed by atoms with E-state index < -0.39 is 0 Å². The molecule has 28 heavy (non-hydrogen) atoms. The van der Waals surface area contributed by atoms with Gasteiger partial charge in [0.25, 0.3) is 5.91 Å². The van der Waals surface area contributed by atoms with Crippen molar-refractivity contribution in [1.82, 2.24) is 15.3 Å². The van der Waals surface area contributed by atoms with Gasteiger partial charge in [-0.2, -0.15) is 0 Å². The zero-order valence-corrected chi connectivity index (χ0v) is 16.4. The van der Waals surface area contributed by atoms with E-state index in [9.17, 15) is 4.79 Å². The van der Waals surface area contributed by atoms with E-state index >= 15 is 0 Å². The minimum Gasteiger partial charge on any atom is -0.491 e. The number of nitrogens with zero attached hydrogens (tertiary/aromatic N) is 2. The van der Waals surface area contributed by atoms with Crippen LogP contribution in [-0.2, 0) is 6.42 Å². The van der Waals surface area contributed by atoms with E-state index in [-0.39, 0.29) is 5.91 Å². The van der Waals surface area contributed by atoms with Gasteiger partial charge in [-0.25, -0.2) is 9.97 Å². The average molecular weight is 378 g/mol. The summed E-state index contributed by atoms with van der Waals surface area (Å²) in [5.41, 5.74) is 4.85. The Labute approximate surface area is 165 Å². The maximum Gasteiger partial charge on any atom is 0.255 e. The van der Waals surface area contributed by atoms with Crippen LogP contribution in [0.15, 0.2) is 30.5 Å². The van der Waals surface area contributed by atoms with Crippen LogP contribution in [0.5, 0.6) is 5.75 Å². The molecule has 6 nitrogen and oxygen atoms in total. The predicted octanol–water partition coefficient (Wildman–Crippen LogP) is 3.43. The zero-order valence-electron chi connectivity index (χ0n) is 16.4. The number of aryl methyl sites for hydroxylation is 1. The number of amides is 1. The van der Waals surface area contributed by atoms with Crippen LogP contribution in [-0.4, -0.2) is 35.6 Å². The van der Waals surface area contributed by atoms with Crippen LogP contribution >= 0.6 is 0 Å². The van der Waals surface area contributed by atoms with Crippen molar-refractivity contribution >= 4 is 17.4 Å². The van der Waals surface area contributed by atoms with Crippen molar-refractivity contribution < 1.29 is 9.53 Å². The highest BCUT2D eigenvalue weighted by molar-refractivity contribution is 5.98. The predicted molar refractivity (Wildman–Crippen MR) is 110 cm³/mol. The van der Waals surface area contributed by atoms with Gasteiger partial charge in [0.15, 0.2) is 0 Å². The number of anilines is 1. The van der Waals surface area contributed by atoms with Gasteiger partial charge in [0.05, 0.1) is 17.8 Å². The lowest BCUT2D eigenvalue weighted by molar-refractivity contribution is 0.0957. The first-order valence-corrected chi connectivity index (χ1v) is 9.97. The van der Waals surface area contributed by atoms with Gasteiger partial charge in [0.1, 0.15) is 12.4 Å². The van der Waals surface area contributed by atoms with Gasteiger partial charge < -0.3 is 15.4 Å². The molecule has 0 saturated heterocycles. The molecule has 0 spiro atoms. The first-order chi connectivity index (χ1) is 13.6. The number of fused-ring (bicyclic) bond motifs is 2. The van der Waals surface area contributed by atoms with Crippen molar-refractivity contribution in [3.8, 4) is 5.75 Å². The van der Waals surface area contributed by atoms with E-state index in [0.717, 1.165) is 48.2 Å². The Kier molecular flexibility index (Phi) is 5.28. The van der Waals surface area contributed by atoms with Crippen LogP contribution in [0.2, 0.25) is 0 Å². The first-order valence-electron chi connectivity index (χ1n) is 9.97. The standard InChI is InChI=1S/C22H26N4O2/c1-14(2)12-24-22-25-13-18-16(5-3-4-6-19(18)26-22)15-7-8-17-20(11-15)28-10-9-23-21(17)27/h5,7-8,11,13-14H,3-4,6,9-10,12H2,1-2H3,(H,23,27)(H,24,25,26). The molecule has 146 valence electrons. The number of benzene rings is 1. The van der Waals surface area contributed by atoms with Gasteiger partial charge in [-0.05, 0) is 48.4 Å². The second kappa shape index (κ2) is 8.00. The Balaban J connectivity index is 1.68. The highest BCUT2D eigenvalue weighted by atomic mass is 16.5. The lowest BCUT2D eigenvalue weighted by atomic mass is 9.96. The lowest BCUT2D eigenvalue weighted by Gasteiger charge is -2.14. The third kappa shape index (κ3) is 3.86. The fraction of sp³-hybridized carbons (Fsp3) is 0.409. The summed E-state index contributed by atoms with van der Waals surface area (Å²) >= 11 is 0. The number of aromatic nitrogens is 2. The molecule has 2 aliphatic rings. The highest BCUT2D eigenvalue weighted by Crippen LogP contribution is 2.33. The second-order valence-electron chi connectivity index (χ2n) is 7.65. The number of hydrogen-bond acceptors (Lipinski definition) is 5. The normalized spacial score (nSPS) is 16.1. The van der Waals surface area contributed by atoms with Gasteiger partial charge in [0, 0.05) is 18.3 Å². The Morgan fingerprint density at radius 3 is 3.04 bits per heavy atom. The Morgan fingerprint density at radius 1 is 1.29 bits per heavy atom. The van der Waals surface area contributed by atoms with Crippen LogP contribution in [0, 0.1) is 5.92 Å². The SMILES string of the molecule is CC(C)CNc1ncc2c(n1)CCCC=C2c1ccc2c(c1)OCCNC2=O. The molecule has 2 N–H and O–H groups in total. The molecule has 1 aliphatic carbocycles. The fourth-order valence-electron chi connectivity index (χ4n) is 3.53. The van der Waals surface area contributed by atoms with E-state index in [1.807, 2.05) is 24.4 Å². The summed E-state index contributed by atoms with van der Waals surface area (Å²) in [6.45, 7) is 6.18. The summed E-state index contributed by atoms with van der Waals surface area (Å²) in [6.07, 6.45) is 7.13. The third-order valence-corrected chi connectivity index (χ3v) is 4.97. The molecular formula is C22H26N4O2. The molecule has 1 aromatic heterocycles. The largest absolute Gasteiger partial charge is 0.491 e. The molecule has 2 aromatic rings. The molecule has 0 atom stereocenters. The Morgan fingerprint density at radius 2 is 2.18 bits per heavy atom. The summed E-state index contributed by atoms with van der Waals surface area (Å²) in [5, 5.41) is 6.16. The van der Waals surface area contributed by atoms with Crippen LogP contribution in [0.4, 0.5) is 5.95 Å². The van der Waals surface area contributed by atoms with Crippen molar-refractivity contribution in [2.75, 3.05) is 25.0 Å². The fourth-order valence-corrected chi connectivity index (χ4v) is 3.53. The van der Waals surface area contributed by atoms with Crippen molar-refractivity contribution in [3.05, 3.63) is 52.9 Å². The van der Waals surface area contributed by atoms with E-state index in [4.69, 9.17) is 9.72 Å². The van der Waals surface area contributed by atoms with E-state index in [1.54, 1.807) is 0 Å². The van der Waals surface area contributed by atoms with Crippen LogP contribution in [0.1, 0.15) is 53.9 Å². The molecule has 0 unspecified atom stereocenters. The summed E-state index contributed by atoms with van der Waals surface area (Å²) in [7, 11) is 0. The molecule has 0 radical (unpaired) electrons. The van der Waals surface area contributed by atoms with Gasteiger partial charge in [-0.3, -0.25) is 4.79 Å². The van der Waals surface area contributed by atoms with Gasteiger partial charge in [-0.15, -0.1) is 0 Å². The van der Waals surface area contributed by atoms with Crippen LogP contribution in [0.3, 0.4) is 0 Å². The quantitative estimate of drug-likeness (QED) is 0.852. The molecule has 1 aliphatic heterocycles. The number of ether oxygens (including phenoxy) is 1. The number of hydrogen-bond donors (Lipinski definition) is 2. The first kappa shape index (κ1) is 18.5. The van der Waals surface area contributed by atoms with Crippen molar-refractivity contribution in [1.29, 1.82) is 0 Å². The number of nitrogens with one attached hydrogen (secondary N) is 2. The summed E-state index contributed by atoms with van der Waals surface area (Å²) in [5.74, 6) is 1.78. The smallest absolute Gasteiger partial charge is 0.255 e. The number of carbonyl (C=O) groups is 1. The minimum atomic E-state index is -0.0847. The van der Waals surface area contributed by atoms with Crippen LogP contribution in [0.25, 0.3) is 5.57 Å². The average Bonchev–Trinajstić information content (AvgIpc) is 3.01. The van der Waals surface area contributed by atoms with Crippen molar-refractivity contribution in [2.24, 2.45) is 5.92 Å². The van der Waals surface area contributed by atoms with Gasteiger partial charge in [-0.1, -0.05) is 26.0 Å². The Bertz CT molecular complexity index is 921. The van der Waals surface area contributed by atoms with Gasteiger partial charge >= 0.3 is 0 Å². The van der Waals surface area contributed by atoms with Crippen LogP contribution < -0.4 is 15.4 Å². The number of rotatable bonds is 4. The molecule has 4 rings (SSSR count). The van der Waals surface area contributed by atoms with Crippen molar-refractivity contribution in [2.45, 2.75) is 33.1 Å². The molecule has 6 heteroatoms. The van der Waals surface area contributed by atoms with Gasteiger partial charge in [0.2, 0.25) is 5.95 Å². The second-order valence-corrected chi connectivity index (χ2v) is 7.65. The molecular weight excluding hydrogens is 352 g/mol. The maximum atomic E-state index is 12.2. The van der Waals surface area contributed by atoms with E-state index in [0.29, 0.717) is 36.3 Å². The number of carbonyl (C=O) groups excluding carboxylic acids is 1. The summed E-state index contributed by atoms with van der Waals surface area (Å²) in [6, 6.07) is 5.79. The van der Waals surface area contributed by atoms with E-state index in [2.05, 4.69) is 35.5 Å². The molecule has 0 bridgehead atoms. The Hall–Kier alpha value is -2.89. The molecule has 2 heterocycles. The topological polar surface area (TPSA) is 76.1 Å². The highest BCUT2D eigenvalue weighted by Gasteiger charge is 2.20. The third-order valence-electron chi connectivity index (χ3n) is 4.97. The maximum absolute atomic E-state index is 12.2. The summed E-state index contributed by atoms with van der Waals surface area (Å²) < 4.78 is 5.79. The zero-order chi connectivity index (χ0) is 19.5. The molecule has 1 amide bonds. The number of allylic oxidation sites excluding steroid dienone is 1. The minimum absolute atomic E-state index is 0.0847. The molecule has 0 fully saturated rings. The van der Waals surface area contributed by atoms with E-state index in [1.165, 1.54) is 0 Å². The lowest BCUT2D eigenvalue weighted by Crippen LogP contribution is -2.24. The summed E-state index contributed by atoms with van der Waals surface area (Å²) in [4.78, 5) is 21.5. The monoisotopic (exact) mass is 378 g/mol. The molecule has 1 aromatic carbocycles. The molecule has 0 saturated carbocycles.